The van der Waals surface area contributed by atoms with Gasteiger partial charge >= 0.3 is 0 Å². The highest BCUT2D eigenvalue weighted by Crippen LogP contribution is 2.50. The van der Waals surface area contributed by atoms with E-state index in [1.54, 1.807) is 11.3 Å². The first kappa shape index (κ1) is 79.6. The van der Waals surface area contributed by atoms with Crippen LogP contribution >= 0.6 is 57.1 Å². The summed E-state index contributed by atoms with van der Waals surface area (Å²) in [6, 6.07) is 31.7. The minimum atomic E-state index is 0.559. The summed E-state index contributed by atoms with van der Waals surface area (Å²) in [4.78, 5) is 19.4. The van der Waals surface area contributed by atoms with Crippen LogP contribution in [0.3, 0.4) is 0 Å². The number of thiophene rings is 4. The van der Waals surface area contributed by atoms with Crippen molar-refractivity contribution in [3.05, 3.63) is 94.7 Å². The molecule has 102 heavy (non-hydrogen) atoms. The molecule has 0 aliphatic rings. The normalized spacial score (nSPS) is 12.6. The van der Waals surface area contributed by atoms with E-state index in [-0.39, 0.29) is 0 Å². The Morgan fingerprint density at radius 3 is 1.11 bits per heavy atom. The van der Waals surface area contributed by atoms with Gasteiger partial charge in [0.05, 0.1) is 56.8 Å². The molecular weight excluding hydrogens is 1340 g/mol. The molecule has 3 aromatic carbocycles. The molecule has 10 aromatic rings. The van der Waals surface area contributed by atoms with Crippen LogP contribution in [-0.2, 0) is 6.54 Å². The molecule has 0 saturated carbocycles. The third-order valence-corrected chi connectivity index (χ3v) is 26.7. The maximum absolute atomic E-state index is 6.85. The average molecular weight is 1470 g/mol. The lowest BCUT2D eigenvalue weighted by molar-refractivity contribution is 0.224. The summed E-state index contributed by atoms with van der Waals surface area (Å²) in [5.41, 5.74) is 12.0. The first-order valence-corrected chi connectivity index (χ1v) is 45.4. The third-order valence-electron chi connectivity index (χ3n) is 21.6. The van der Waals surface area contributed by atoms with Crippen LogP contribution in [0.25, 0.3) is 95.7 Å². The number of hydrogen-bond donors (Lipinski definition) is 0. The van der Waals surface area contributed by atoms with Crippen LogP contribution in [-0.4, -0.2) is 36.5 Å². The van der Waals surface area contributed by atoms with Crippen molar-refractivity contribution in [2.75, 3.05) is 13.2 Å². The van der Waals surface area contributed by atoms with Crippen LogP contribution in [0.5, 0.6) is 11.5 Å². The van der Waals surface area contributed by atoms with Crippen molar-refractivity contribution in [1.82, 2.24) is 23.3 Å². The number of aryl methyl sites for hydroxylation is 3. The first-order chi connectivity index (χ1) is 50.3. The second-order valence-corrected chi connectivity index (χ2v) is 35.4. The molecule has 7 aromatic heterocycles. The average Bonchev–Trinajstić information content (AvgIpc) is 1.42. The van der Waals surface area contributed by atoms with Crippen molar-refractivity contribution in [1.29, 1.82) is 0 Å². The number of benzene rings is 3. The molecule has 12 heteroatoms. The van der Waals surface area contributed by atoms with Crippen molar-refractivity contribution in [2.45, 2.75) is 325 Å². The molecule has 0 saturated heterocycles. The first-order valence-electron chi connectivity index (χ1n) is 41.4. The second kappa shape index (κ2) is 44.2. The van der Waals surface area contributed by atoms with Gasteiger partial charge < -0.3 is 14.0 Å². The molecule has 2 unspecified atom stereocenters. The van der Waals surface area contributed by atoms with E-state index in [2.05, 4.69) is 138 Å². The summed E-state index contributed by atoms with van der Waals surface area (Å²) in [6.07, 6.45) is 55.9. The maximum Gasteiger partial charge on any atom is 0.119 e. The quantitative estimate of drug-likeness (QED) is 0.0354. The van der Waals surface area contributed by atoms with E-state index < -0.39 is 0 Å². The third kappa shape index (κ3) is 23.5. The molecule has 0 bridgehead atoms. The highest BCUT2D eigenvalue weighted by atomic mass is 32.1. The van der Waals surface area contributed by atoms with E-state index in [1.807, 2.05) is 34.0 Å². The number of nitrogens with zero attached hydrogens (tertiary/aromatic N) is 5. The molecule has 0 N–H and O–H groups in total. The molecule has 0 radical (unpaired) electrons. The topological polar surface area (TPSA) is 75.0 Å². The molecule has 0 aliphatic carbocycles. The van der Waals surface area contributed by atoms with E-state index >= 15 is 0 Å². The predicted molar refractivity (Wildman–Crippen MR) is 452 cm³/mol. The van der Waals surface area contributed by atoms with Gasteiger partial charge in [0, 0.05) is 58.1 Å². The number of ether oxygens (including phenoxy) is 2. The summed E-state index contributed by atoms with van der Waals surface area (Å²) in [5.74, 6) is 2.96. The van der Waals surface area contributed by atoms with Gasteiger partial charge in [-0.2, -0.15) is 8.75 Å². The highest BCUT2D eigenvalue weighted by Gasteiger charge is 2.28. The number of aromatic nitrogens is 5. The number of fused-ring (bicyclic) bond motifs is 5. The molecule has 0 fully saturated rings. The number of hydrogen-bond acceptors (Lipinski definition) is 11. The van der Waals surface area contributed by atoms with E-state index in [0.29, 0.717) is 11.8 Å². The monoisotopic (exact) mass is 1470 g/mol. The summed E-state index contributed by atoms with van der Waals surface area (Å²) in [6.45, 7) is 18.6. The minimum absolute atomic E-state index is 0.559. The Hall–Kier alpha value is -4.98. The fraction of sp³-hybridized carbons (Fsp3) is 0.600. The summed E-state index contributed by atoms with van der Waals surface area (Å²) < 4.78 is 29.6. The standard InChI is InChI=1S/C90H127N5O2S5/c1-8-13-18-23-28-31-32-35-40-45-62-95-75-63-68(7)99-89(75)90-76(95)64-80(101-90)77-60-61-79(100-77)82-86-85(81(78-59-50-67(6)98-78)87-88(82)94-102-93-87)91-83(71-51-55-73(56-52-71)96-65-69(46-41-36-26-21-16-11-4)48-43-38-33-29-24-19-14-9-2)84(92-86)72-53-57-74(58-54-72)97-66-70(47-42-37-27-22-17-12-5)49-44-39-34-30-25-20-15-10-3/h50-61,63-64,69-70H,8-49,62,65-66H2,1-7H3. The Kier molecular flexibility index (Phi) is 34.5. The van der Waals surface area contributed by atoms with Crippen LogP contribution in [0.15, 0.2) is 84.9 Å². The molecule has 0 aliphatic heterocycles. The van der Waals surface area contributed by atoms with Gasteiger partial charge in [0.25, 0.3) is 0 Å². The number of unbranched alkanes of at least 4 members (excludes halogenated alkanes) is 33. The Balaban J connectivity index is 0.976. The smallest absolute Gasteiger partial charge is 0.119 e. The summed E-state index contributed by atoms with van der Waals surface area (Å²) in [5, 5.41) is 0. The molecular formula is C90H127N5O2S5. The molecule has 7 heterocycles. The second-order valence-electron chi connectivity index (χ2n) is 30.2. The molecule has 554 valence electrons. The van der Waals surface area contributed by atoms with Crippen LogP contribution in [0, 0.1) is 25.7 Å². The van der Waals surface area contributed by atoms with E-state index in [4.69, 9.17) is 28.2 Å². The van der Waals surface area contributed by atoms with Gasteiger partial charge in [-0.25, -0.2) is 9.97 Å². The van der Waals surface area contributed by atoms with E-state index in [9.17, 15) is 0 Å². The Bertz CT molecular complexity index is 3970. The fourth-order valence-electron chi connectivity index (χ4n) is 15.5. The highest BCUT2D eigenvalue weighted by molar-refractivity contribution is 7.31. The maximum atomic E-state index is 6.85. The van der Waals surface area contributed by atoms with Crippen molar-refractivity contribution >= 4 is 99.6 Å². The van der Waals surface area contributed by atoms with Crippen molar-refractivity contribution < 1.29 is 9.47 Å². The molecule has 7 nitrogen and oxygen atoms in total. The molecule has 10 rings (SSSR count). The van der Waals surface area contributed by atoms with Gasteiger partial charge in [0.2, 0.25) is 0 Å². The van der Waals surface area contributed by atoms with Gasteiger partial charge in [-0.1, -0.05) is 272 Å². The zero-order valence-electron chi connectivity index (χ0n) is 64.2. The van der Waals surface area contributed by atoms with Crippen molar-refractivity contribution in [3.8, 4) is 64.6 Å². The summed E-state index contributed by atoms with van der Waals surface area (Å²) >= 11 is 8.85. The van der Waals surface area contributed by atoms with Crippen LogP contribution in [0.4, 0.5) is 0 Å². The largest absolute Gasteiger partial charge is 0.493 e. The predicted octanol–water partition coefficient (Wildman–Crippen LogP) is 31.4. The SMILES string of the molecule is CCCCCCCCCCCCn1c2cc(C)sc2c2sc(-c3ccc(-c4c5nsnc5c(-c5ccc(C)s5)c5nc(-c6ccc(OCC(CCCCCCCC)CCCCCCCCCC)cc6)c(-c6ccc(OCC(CCCCCCCC)CCCCCCCCCC)cc6)nc45)s3)cc21. The fourth-order valence-corrected chi connectivity index (χ4v) is 20.4. The van der Waals surface area contributed by atoms with Gasteiger partial charge in [-0.05, 0) is 143 Å². The van der Waals surface area contributed by atoms with Crippen LogP contribution in [0.2, 0.25) is 0 Å². The Morgan fingerprint density at radius 2 is 0.696 bits per heavy atom. The lowest BCUT2D eigenvalue weighted by Gasteiger charge is -2.19. The van der Waals surface area contributed by atoms with Crippen molar-refractivity contribution in [3.63, 3.8) is 0 Å². The Morgan fingerprint density at radius 1 is 0.333 bits per heavy atom. The van der Waals surface area contributed by atoms with Gasteiger partial charge in [0.15, 0.2) is 0 Å². The van der Waals surface area contributed by atoms with Crippen LogP contribution < -0.4 is 9.47 Å². The van der Waals surface area contributed by atoms with Gasteiger partial charge in [0.1, 0.15) is 33.6 Å². The molecule has 2 atom stereocenters. The van der Waals surface area contributed by atoms with Crippen molar-refractivity contribution in [2.24, 2.45) is 11.8 Å². The molecule has 0 spiro atoms. The zero-order valence-corrected chi connectivity index (χ0v) is 68.2. The lowest BCUT2D eigenvalue weighted by atomic mass is 9.94. The Labute approximate surface area is 636 Å². The summed E-state index contributed by atoms with van der Waals surface area (Å²) in [7, 11) is 0. The van der Waals surface area contributed by atoms with E-state index in [1.165, 1.54) is 321 Å². The van der Waals surface area contributed by atoms with Crippen LogP contribution in [0.1, 0.15) is 314 Å². The lowest BCUT2D eigenvalue weighted by Crippen LogP contribution is -2.12. The minimum Gasteiger partial charge on any atom is -0.493 e. The van der Waals surface area contributed by atoms with E-state index in [0.717, 1.165) is 96.7 Å². The molecule has 0 amide bonds. The van der Waals surface area contributed by atoms with Gasteiger partial charge in [-0.15, -0.1) is 45.3 Å². The zero-order chi connectivity index (χ0) is 70.9. The number of rotatable bonds is 54. The van der Waals surface area contributed by atoms with Gasteiger partial charge in [-0.3, -0.25) is 0 Å².